The van der Waals surface area contributed by atoms with Crippen molar-refractivity contribution >= 4 is 17.1 Å². The van der Waals surface area contributed by atoms with E-state index in [1.165, 1.54) is 5.39 Å². The van der Waals surface area contributed by atoms with Gasteiger partial charge in [-0.05, 0) is 31.2 Å². The number of hydrogen-bond acceptors (Lipinski definition) is 1. The van der Waals surface area contributed by atoms with Crippen LogP contribution in [0.15, 0.2) is 71.9 Å². The molecule has 0 aliphatic heterocycles. The van der Waals surface area contributed by atoms with Crippen molar-refractivity contribution in [3.8, 4) is 0 Å². The summed E-state index contributed by atoms with van der Waals surface area (Å²) in [6.45, 7) is 5.71. The summed E-state index contributed by atoms with van der Waals surface area (Å²) >= 11 is 0. The molecule has 2 nitrogen and oxygen atoms in total. The number of nitrogens with one attached hydrogen (secondary N) is 1. The molecule has 0 atom stereocenters. The van der Waals surface area contributed by atoms with E-state index in [0.29, 0.717) is 0 Å². The summed E-state index contributed by atoms with van der Waals surface area (Å²) in [4.78, 5) is 7.68. The van der Waals surface area contributed by atoms with E-state index in [4.69, 9.17) is 0 Å². The van der Waals surface area contributed by atoms with Gasteiger partial charge in [-0.15, -0.1) is 0 Å². The smallest absolute Gasteiger partial charge is 0.0624 e. The Kier molecular flexibility index (Phi) is 3.92. The minimum Gasteiger partial charge on any atom is -0.354 e. The first-order chi connectivity index (χ1) is 8.83. The maximum absolute atomic E-state index is 4.38. The second-order valence-electron chi connectivity index (χ2n) is 3.89. The number of hydrogen-bond donors (Lipinski definition) is 1. The maximum Gasteiger partial charge on any atom is 0.0624 e. The molecule has 0 radical (unpaired) electrons. The average molecular weight is 236 g/mol. The Morgan fingerprint density at radius 1 is 1.33 bits per heavy atom. The number of aromatic nitrogens is 1. The third-order valence-corrected chi connectivity index (χ3v) is 2.57. The van der Waals surface area contributed by atoms with Gasteiger partial charge in [-0.3, -0.25) is 4.99 Å². The Labute approximate surface area is 107 Å². The van der Waals surface area contributed by atoms with Crippen LogP contribution in [0.3, 0.4) is 0 Å². The predicted molar refractivity (Wildman–Crippen MR) is 79.0 cm³/mol. The standard InChI is InChI=1S/C16H16N2/c1-3-5-9-14(4-2)17-12-15-11-13-8-6-7-10-16(13)18-15/h3-12,18H,2H2,1H3/b5-3-,14-9+,17-12+. The number of benzene rings is 1. The molecule has 0 amide bonds. The van der Waals surface area contributed by atoms with Gasteiger partial charge < -0.3 is 4.98 Å². The number of aliphatic imine (C=N–C) groups is 1. The van der Waals surface area contributed by atoms with Crippen LogP contribution in [-0.4, -0.2) is 11.2 Å². The van der Waals surface area contributed by atoms with Crippen molar-refractivity contribution in [1.82, 2.24) is 4.98 Å². The minimum atomic E-state index is 0.840. The van der Waals surface area contributed by atoms with Crippen LogP contribution in [0.4, 0.5) is 0 Å². The number of H-pyrrole nitrogens is 1. The first-order valence-corrected chi connectivity index (χ1v) is 5.90. The zero-order valence-electron chi connectivity index (χ0n) is 10.4. The largest absolute Gasteiger partial charge is 0.354 e. The topological polar surface area (TPSA) is 28.1 Å². The predicted octanol–water partition coefficient (Wildman–Crippen LogP) is 4.23. The van der Waals surface area contributed by atoms with Crippen molar-refractivity contribution in [2.24, 2.45) is 4.99 Å². The molecular weight excluding hydrogens is 220 g/mol. The van der Waals surface area contributed by atoms with Gasteiger partial charge in [0, 0.05) is 10.9 Å². The lowest BCUT2D eigenvalue weighted by Crippen LogP contribution is -1.80. The van der Waals surface area contributed by atoms with Crippen molar-refractivity contribution in [1.29, 1.82) is 0 Å². The summed E-state index contributed by atoms with van der Waals surface area (Å²) in [6.07, 6.45) is 9.38. The second kappa shape index (κ2) is 5.82. The molecule has 18 heavy (non-hydrogen) atoms. The SMILES string of the molecule is C=CC(=C\C=C/C)/N=C/c1cc2ccccc2[nH]1. The van der Waals surface area contributed by atoms with Gasteiger partial charge in [0.15, 0.2) is 0 Å². The van der Waals surface area contributed by atoms with Crippen LogP contribution in [0, 0.1) is 0 Å². The van der Waals surface area contributed by atoms with Gasteiger partial charge in [0.1, 0.15) is 0 Å². The van der Waals surface area contributed by atoms with Crippen molar-refractivity contribution in [3.05, 3.63) is 72.6 Å². The maximum atomic E-state index is 4.38. The second-order valence-corrected chi connectivity index (χ2v) is 3.89. The first kappa shape index (κ1) is 12.1. The number of fused-ring (bicyclic) bond motifs is 1. The monoisotopic (exact) mass is 236 g/mol. The van der Waals surface area contributed by atoms with Gasteiger partial charge in [-0.2, -0.15) is 0 Å². The fourth-order valence-corrected chi connectivity index (χ4v) is 1.67. The lowest BCUT2D eigenvalue weighted by molar-refractivity contribution is 1.38. The lowest BCUT2D eigenvalue weighted by Gasteiger charge is -1.90. The van der Waals surface area contributed by atoms with E-state index in [-0.39, 0.29) is 0 Å². The third-order valence-electron chi connectivity index (χ3n) is 2.57. The van der Waals surface area contributed by atoms with Crippen molar-refractivity contribution in [3.63, 3.8) is 0 Å². The Hall–Kier alpha value is -2.35. The molecule has 1 aromatic carbocycles. The van der Waals surface area contributed by atoms with Gasteiger partial charge >= 0.3 is 0 Å². The summed E-state index contributed by atoms with van der Waals surface area (Å²) in [7, 11) is 0. The Balaban J connectivity index is 2.24. The summed E-state index contributed by atoms with van der Waals surface area (Å²) < 4.78 is 0. The molecule has 0 unspecified atom stereocenters. The number of aromatic amines is 1. The molecule has 0 aliphatic carbocycles. The van der Waals surface area contributed by atoms with Gasteiger partial charge in [0.2, 0.25) is 0 Å². The molecule has 2 rings (SSSR count). The highest BCUT2D eigenvalue weighted by Gasteiger charge is 1.96. The normalized spacial score (nSPS) is 12.8. The molecule has 0 bridgehead atoms. The van der Waals surface area contributed by atoms with Crippen molar-refractivity contribution in [2.45, 2.75) is 6.92 Å². The Morgan fingerprint density at radius 2 is 2.17 bits per heavy atom. The van der Waals surface area contributed by atoms with Crippen LogP contribution in [0.1, 0.15) is 12.6 Å². The van der Waals surface area contributed by atoms with E-state index < -0.39 is 0 Å². The quantitative estimate of drug-likeness (QED) is 0.607. The molecule has 0 saturated heterocycles. The number of nitrogens with zero attached hydrogens (tertiary/aromatic N) is 1. The summed E-state index contributed by atoms with van der Waals surface area (Å²) in [6, 6.07) is 10.2. The highest BCUT2D eigenvalue weighted by Crippen LogP contribution is 2.13. The molecule has 0 fully saturated rings. The van der Waals surface area contributed by atoms with E-state index in [2.05, 4.69) is 34.8 Å². The fourth-order valence-electron chi connectivity index (χ4n) is 1.67. The average Bonchev–Trinajstić information content (AvgIpc) is 2.81. The van der Waals surface area contributed by atoms with Gasteiger partial charge in [-0.1, -0.05) is 36.9 Å². The molecule has 1 heterocycles. The van der Waals surface area contributed by atoms with Gasteiger partial charge in [0.05, 0.1) is 17.6 Å². The van der Waals surface area contributed by atoms with E-state index >= 15 is 0 Å². The van der Waals surface area contributed by atoms with E-state index in [1.807, 2.05) is 43.5 Å². The van der Waals surface area contributed by atoms with E-state index in [0.717, 1.165) is 16.9 Å². The highest BCUT2D eigenvalue weighted by atomic mass is 14.8. The van der Waals surface area contributed by atoms with Crippen LogP contribution in [-0.2, 0) is 0 Å². The first-order valence-electron chi connectivity index (χ1n) is 5.90. The molecule has 2 heteroatoms. The third kappa shape index (κ3) is 2.86. The van der Waals surface area contributed by atoms with Gasteiger partial charge in [-0.25, -0.2) is 0 Å². The zero-order valence-corrected chi connectivity index (χ0v) is 10.4. The molecule has 1 N–H and O–H groups in total. The zero-order chi connectivity index (χ0) is 12.8. The van der Waals surface area contributed by atoms with E-state index in [9.17, 15) is 0 Å². The number of allylic oxidation sites excluding steroid dienone is 4. The fraction of sp³-hybridized carbons (Fsp3) is 0.0625. The van der Waals surface area contributed by atoms with Crippen LogP contribution >= 0.6 is 0 Å². The summed E-state index contributed by atoms with van der Waals surface area (Å²) in [5.41, 5.74) is 2.95. The van der Waals surface area contributed by atoms with Crippen LogP contribution in [0.2, 0.25) is 0 Å². The summed E-state index contributed by atoms with van der Waals surface area (Å²) in [5.74, 6) is 0. The van der Waals surface area contributed by atoms with E-state index in [1.54, 1.807) is 6.08 Å². The Morgan fingerprint density at radius 3 is 2.89 bits per heavy atom. The van der Waals surface area contributed by atoms with Crippen LogP contribution < -0.4 is 0 Å². The number of rotatable bonds is 4. The molecule has 1 aromatic heterocycles. The van der Waals surface area contributed by atoms with Crippen LogP contribution in [0.25, 0.3) is 10.9 Å². The van der Waals surface area contributed by atoms with Crippen molar-refractivity contribution < 1.29 is 0 Å². The van der Waals surface area contributed by atoms with Gasteiger partial charge in [0.25, 0.3) is 0 Å². The van der Waals surface area contributed by atoms with Crippen molar-refractivity contribution in [2.75, 3.05) is 0 Å². The molecule has 0 saturated carbocycles. The number of para-hydroxylation sites is 1. The molecular formula is C16H16N2. The Bertz CT molecular complexity index is 594. The summed E-state index contributed by atoms with van der Waals surface area (Å²) in [5, 5.41) is 1.19. The molecule has 0 aliphatic rings. The van der Waals surface area contributed by atoms with Crippen LogP contribution in [0.5, 0.6) is 0 Å². The highest BCUT2D eigenvalue weighted by molar-refractivity contribution is 5.89. The molecule has 0 spiro atoms. The molecule has 90 valence electrons. The molecule has 2 aromatic rings. The lowest BCUT2D eigenvalue weighted by atomic mass is 10.2. The minimum absolute atomic E-state index is 0.840.